The van der Waals surface area contributed by atoms with Crippen molar-refractivity contribution in [2.24, 2.45) is 5.41 Å². The van der Waals surface area contributed by atoms with Crippen LogP contribution in [-0.2, 0) is 14.8 Å². The highest BCUT2D eigenvalue weighted by Crippen LogP contribution is 2.61. The quantitative estimate of drug-likeness (QED) is 0.415. The van der Waals surface area contributed by atoms with Crippen molar-refractivity contribution in [1.82, 2.24) is 24.7 Å². The molecule has 0 saturated heterocycles. The van der Waals surface area contributed by atoms with Crippen molar-refractivity contribution in [3.8, 4) is 28.8 Å². The molecule has 3 aliphatic carbocycles. The fraction of sp³-hybridized carbons (Fsp3) is 0.333. The van der Waals surface area contributed by atoms with E-state index in [1.54, 1.807) is 6.07 Å². The molecule has 0 amide bonds. The fourth-order valence-electron chi connectivity index (χ4n) is 4.69. The monoisotopic (exact) mass is 564 g/mol. The minimum Gasteiger partial charge on any atom is -0.475 e. The molecule has 3 aromatic rings. The van der Waals surface area contributed by atoms with Crippen LogP contribution in [0.1, 0.15) is 35.4 Å². The predicted molar refractivity (Wildman–Crippen MR) is 131 cm³/mol. The molecule has 204 valence electrons. The van der Waals surface area contributed by atoms with E-state index in [0.717, 1.165) is 0 Å². The van der Waals surface area contributed by atoms with Gasteiger partial charge in [-0.25, -0.2) is 37.9 Å². The summed E-state index contributed by atoms with van der Waals surface area (Å²) in [6, 6.07) is 7.73. The Kier molecular flexibility index (Phi) is 6.05. The first-order valence-corrected chi connectivity index (χ1v) is 12.7. The Morgan fingerprint density at radius 2 is 1.90 bits per heavy atom. The summed E-state index contributed by atoms with van der Waals surface area (Å²) in [7, 11) is -4.00. The summed E-state index contributed by atoms with van der Waals surface area (Å²) < 4.78 is 84.9. The number of anilines is 1. The number of nitrogens with zero attached hydrogens (tertiary/aromatic N) is 5. The van der Waals surface area contributed by atoms with Gasteiger partial charge in [-0.3, -0.25) is 0 Å². The van der Waals surface area contributed by atoms with Crippen molar-refractivity contribution >= 4 is 21.8 Å². The Labute approximate surface area is 225 Å². The van der Waals surface area contributed by atoms with Crippen LogP contribution >= 0.6 is 0 Å². The molecule has 2 heterocycles. The summed E-state index contributed by atoms with van der Waals surface area (Å²) in [4.78, 5) is 25.6. The number of carbonyl (C=O) groups is 1. The molecule has 0 radical (unpaired) electrons. The van der Waals surface area contributed by atoms with E-state index in [2.05, 4.69) is 30.7 Å². The number of alkyl halides is 3. The number of halogens is 3. The lowest BCUT2D eigenvalue weighted by Crippen LogP contribution is -2.55. The van der Waals surface area contributed by atoms with Crippen molar-refractivity contribution in [2.75, 3.05) is 5.73 Å². The van der Waals surface area contributed by atoms with Crippen LogP contribution in [0.2, 0.25) is 0 Å². The highest BCUT2D eigenvalue weighted by atomic mass is 32.2. The van der Waals surface area contributed by atoms with Crippen LogP contribution in [0.25, 0.3) is 22.8 Å². The van der Waals surface area contributed by atoms with E-state index in [4.69, 9.17) is 19.7 Å². The summed E-state index contributed by atoms with van der Waals surface area (Å²) >= 11 is 0. The Morgan fingerprint density at radius 3 is 2.46 bits per heavy atom. The second kappa shape index (κ2) is 9.86. The average molecular weight is 565 g/mol. The number of nitrogen functional groups attached to an aromatic ring is 1. The van der Waals surface area contributed by atoms with E-state index in [-0.39, 0.29) is 39.1 Å². The maximum absolute atomic E-state index is 13.3. The van der Waals surface area contributed by atoms with Crippen LogP contribution in [0.4, 0.5) is 19.0 Å². The molecule has 2 bridgehead atoms. The van der Waals surface area contributed by atoms with E-state index < -0.39 is 40.0 Å². The second-order valence-electron chi connectivity index (χ2n) is 9.20. The highest BCUT2D eigenvalue weighted by molar-refractivity contribution is 7.89. The summed E-state index contributed by atoms with van der Waals surface area (Å²) in [6.07, 6.45) is 1.41. The summed E-state index contributed by atoms with van der Waals surface area (Å²) in [5, 5.41) is 16.5. The van der Waals surface area contributed by atoms with Crippen LogP contribution in [0.3, 0.4) is 0 Å². The van der Waals surface area contributed by atoms with Gasteiger partial charge in [-0.15, -0.1) is 0 Å². The van der Waals surface area contributed by atoms with Gasteiger partial charge in [0.2, 0.25) is 10.0 Å². The molecule has 0 aliphatic heterocycles. The number of nitriles is 1. The van der Waals surface area contributed by atoms with Gasteiger partial charge in [0.15, 0.2) is 17.3 Å². The number of aryl methyl sites for hydroxylation is 1. The second-order valence-corrected chi connectivity index (χ2v) is 10.9. The van der Waals surface area contributed by atoms with Gasteiger partial charge in [0.05, 0.1) is 28.3 Å². The normalized spacial score (nSPS) is 23.2. The zero-order chi connectivity index (χ0) is 31.1. The number of hydrogen-bond donors (Lipinski definition) is 3. The lowest BCUT2D eigenvalue weighted by Gasteiger charge is -2.43. The number of aromatic nitrogens is 4. The van der Waals surface area contributed by atoms with E-state index in [1.165, 1.54) is 36.8 Å². The Balaban J connectivity index is 0.000000517. The van der Waals surface area contributed by atoms with Crippen LogP contribution in [0.5, 0.6) is 0 Å². The number of sulfonamides is 1. The molecule has 15 heteroatoms. The van der Waals surface area contributed by atoms with E-state index in [0.29, 0.717) is 25.7 Å². The highest BCUT2D eigenvalue weighted by Gasteiger charge is 2.62. The van der Waals surface area contributed by atoms with Gasteiger partial charge < -0.3 is 10.8 Å². The minimum atomic E-state index is -5.08. The number of aliphatic carboxylic acids is 1. The molecule has 39 heavy (non-hydrogen) atoms. The zero-order valence-corrected chi connectivity index (χ0v) is 20.7. The molecule has 0 spiro atoms. The molecule has 3 aliphatic rings. The van der Waals surface area contributed by atoms with Gasteiger partial charge in [-0.05, 0) is 56.3 Å². The lowest BCUT2D eigenvalue weighted by molar-refractivity contribution is -0.192. The van der Waals surface area contributed by atoms with Crippen LogP contribution in [0, 0.1) is 23.6 Å². The third kappa shape index (κ3) is 5.66. The topological polar surface area (TPSA) is 185 Å². The van der Waals surface area contributed by atoms with E-state index >= 15 is 0 Å². The Hall–Kier alpha value is -4.16. The Morgan fingerprint density at radius 1 is 1.23 bits per heavy atom. The van der Waals surface area contributed by atoms with Gasteiger partial charge in [-0.1, -0.05) is 6.07 Å². The lowest BCUT2D eigenvalue weighted by atomic mass is 9.66. The molecule has 11 nitrogen and oxygen atoms in total. The van der Waals surface area contributed by atoms with Crippen LogP contribution < -0.4 is 10.5 Å². The summed E-state index contributed by atoms with van der Waals surface area (Å²) in [5.41, 5.74) is 5.14. The average Bonchev–Trinajstić information content (AvgIpc) is 3.44. The summed E-state index contributed by atoms with van der Waals surface area (Å²) in [6.45, 7) is -2.54. The van der Waals surface area contributed by atoms with E-state index in [1.807, 2.05) is 0 Å². The van der Waals surface area contributed by atoms with Crippen LogP contribution in [0.15, 0.2) is 47.8 Å². The SMILES string of the molecule is O=C(O)C(F)(F)F.[2H]C([2H])([2H])c1ccc(S(=O)(=O)NC23CCC(C#N)(C2)C3)cc1-c1cnc(N)c(-c2ncccn2)n1. The maximum Gasteiger partial charge on any atom is 0.490 e. The van der Waals surface area contributed by atoms with Gasteiger partial charge in [-0.2, -0.15) is 18.4 Å². The molecule has 6 rings (SSSR count). The molecule has 0 unspecified atom stereocenters. The van der Waals surface area contributed by atoms with Gasteiger partial charge >= 0.3 is 12.1 Å². The number of nitrogens with two attached hydrogens (primary N) is 1. The minimum absolute atomic E-state index is 0.0483. The van der Waals surface area contributed by atoms with Crippen molar-refractivity contribution in [1.29, 1.82) is 5.26 Å². The zero-order valence-electron chi connectivity index (χ0n) is 22.9. The largest absolute Gasteiger partial charge is 0.490 e. The molecule has 1 aromatic carbocycles. The number of carboxylic acids is 1. The number of hydrogen-bond acceptors (Lipinski definition) is 9. The molecule has 3 fully saturated rings. The van der Waals surface area contributed by atoms with E-state index in [9.17, 15) is 26.9 Å². The summed E-state index contributed by atoms with van der Waals surface area (Å²) in [5.74, 6) is -2.51. The first kappa shape index (κ1) is 23.9. The molecular formula is C24H22F3N7O4S. The number of nitrogens with one attached hydrogen (secondary N) is 1. The molecule has 0 atom stereocenters. The van der Waals surface area contributed by atoms with Crippen molar-refractivity contribution < 1.29 is 35.6 Å². The molecule has 2 aromatic heterocycles. The van der Waals surface area contributed by atoms with Gasteiger partial charge in [0.25, 0.3) is 0 Å². The molecule has 3 saturated carbocycles. The molecular weight excluding hydrogens is 539 g/mol. The molecule has 4 N–H and O–H groups in total. The Bertz CT molecular complexity index is 1680. The predicted octanol–water partition coefficient (Wildman–Crippen LogP) is 3.24. The van der Waals surface area contributed by atoms with Gasteiger partial charge in [0.1, 0.15) is 0 Å². The van der Waals surface area contributed by atoms with Gasteiger partial charge in [0, 0.05) is 27.6 Å². The maximum atomic E-state index is 13.3. The van der Waals surface area contributed by atoms with Crippen molar-refractivity contribution in [3.63, 3.8) is 0 Å². The smallest absolute Gasteiger partial charge is 0.475 e. The number of fused-ring (bicyclic) bond motifs is 1. The standard InChI is InChI=1S/C22H21N7O2S.C2HF3O2/c1-14-3-4-15(32(30,31)29-22-6-5-21(11-22,12-22)13-23)9-16(14)17-10-27-19(24)18(28-17)20-25-7-2-8-26-20;3-2(4,5)1(6)7/h2-4,7-10,29H,5-6,11-12H2,1H3,(H2,24,27);(H,6,7)/i1D3;. The third-order valence-electron chi connectivity index (χ3n) is 6.42. The van der Waals surface area contributed by atoms with Crippen molar-refractivity contribution in [2.45, 2.75) is 49.1 Å². The first-order chi connectivity index (χ1) is 19.4. The number of carboxylic acid groups (broad SMARTS) is 1. The van der Waals surface area contributed by atoms with Crippen LogP contribution in [-0.4, -0.2) is 51.1 Å². The third-order valence-corrected chi connectivity index (χ3v) is 8.00. The van der Waals surface area contributed by atoms with Crippen molar-refractivity contribution in [3.05, 3.63) is 48.4 Å². The number of benzene rings is 1. The fourth-order valence-corrected chi connectivity index (χ4v) is 6.15. The first-order valence-electron chi connectivity index (χ1n) is 12.7. The number of rotatable bonds is 5.